The second kappa shape index (κ2) is 5.35. The molecular weight excluding hydrogens is 198 g/mol. The number of hydrogen-bond donors (Lipinski definition) is 1. The van der Waals surface area contributed by atoms with E-state index in [0.29, 0.717) is 6.04 Å². The Morgan fingerprint density at radius 1 is 1.31 bits per heavy atom. The van der Waals surface area contributed by atoms with Crippen molar-refractivity contribution in [2.75, 3.05) is 13.2 Å². The Hall–Kier alpha value is -1.02. The van der Waals surface area contributed by atoms with Gasteiger partial charge < -0.3 is 10.1 Å². The molecule has 1 N–H and O–H groups in total. The van der Waals surface area contributed by atoms with Crippen molar-refractivity contribution in [2.24, 2.45) is 5.92 Å². The van der Waals surface area contributed by atoms with Crippen LogP contribution in [0.2, 0.25) is 0 Å². The Morgan fingerprint density at radius 3 is 2.62 bits per heavy atom. The molecule has 2 unspecified atom stereocenters. The number of hydrogen-bond acceptors (Lipinski definition) is 2. The average Bonchev–Trinajstić information content (AvgIpc) is 2.74. The summed E-state index contributed by atoms with van der Waals surface area (Å²) in [6.07, 6.45) is 2.30. The van der Waals surface area contributed by atoms with Gasteiger partial charge in [-0.1, -0.05) is 26.0 Å². The molecule has 0 saturated carbocycles. The number of benzene rings is 1. The maximum absolute atomic E-state index is 5.57. The first-order chi connectivity index (χ1) is 7.79. The summed E-state index contributed by atoms with van der Waals surface area (Å²) in [4.78, 5) is 0. The fourth-order valence-electron chi connectivity index (χ4n) is 2.18. The molecule has 16 heavy (non-hydrogen) atoms. The Morgan fingerprint density at radius 2 is 2.06 bits per heavy atom. The van der Waals surface area contributed by atoms with Crippen molar-refractivity contribution in [3.8, 4) is 5.75 Å². The first kappa shape index (κ1) is 11.5. The van der Waals surface area contributed by atoms with Gasteiger partial charge in [-0.05, 0) is 43.0 Å². The highest BCUT2D eigenvalue weighted by atomic mass is 16.5. The quantitative estimate of drug-likeness (QED) is 0.840. The Labute approximate surface area is 98.0 Å². The molecule has 2 nitrogen and oxygen atoms in total. The predicted molar refractivity (Wildman–Crippen MR) is 66.8 cm³/mol. The van der Waals surface area contributed by atoms with Gasteiger partial charge in [0.25, 0.3) is 0 Å². The molecule has 1 aromatic carbocycles. The molecule has 0 aromatic heterocycles. The summed E-state index contributed by atoms with van der Waals surface area (Å²) in [6, 6.07) is 9.06. The van der Waals surface area contributed by atoms with Gasteiger partial charge in [0.2, 0.25) is 0 Å². The molecule has 1 heterocycles. The molecule has 2 atom stereocenters. The molecule has 1 saturated heterocycles. The van der Waals surface area contributed by atoms with Crippen LogP contribution >= 0.6 is 0 Å². The lowest BCUT2D eigenvalue weighted by Crippen LogP contribution is -2.13. The summed E-state index contributed by atoms with van der Waals surface area (Å²) in [5.74, 6) is 1.78. The van der Waals surface area contributed by atoms with Crippen LogP contribution in [0.4, 0.5) is 0 Å². The lowest BCUT2D eigenvalue weighted by molar-refractivity contribution is 0.317. The third-order valence-corrected chi connectivity index (χ3v) is 3.11. The van der Waals surface area contributed by atoms with Gasteiger partial charge in [0.15, 0.2) is 0 Å². The normalized spacial score (nSPS) is 24.6. The molecule has 1 fully saturated rings. The van der Waals surface area contributed by atoms with E-state index >= 15 is 0 Å². The maximum Gasteiger partial charge on any atom is 0.119 e. The van der Waals surface area contributed by atoms with E-state index in [1.807, 2.05) is 0 Å². The first-order valence-electron chi connectivity index (χ1n) is 6.25. The van der Waals surface area contributed by atoms with E-state index < -0.39 is 0 Å². The maximum atomic E-state index is 5.57. The monoisotopic (exact) mass is 219 g/mol. The Bertz CT molecular complexity index is 320. The lowest BCUT2D eigenvalue weighted by atomic mass is 10.0. The summed E-state index contributed by atoms with van der Waals surface area (Å²) in [7, 11) is 0. The topological polar surface area (TPSA) is 21.3 Å². The molecule has 1 aliphatic heterocycles. The predicted octanol–water partition coefficient (Wildman–Crippen LogP) is 3.15. The van der Waals surface area contributed by atoms with Gasteiger partial charge in [0.1, 0.15) is 5.75 Å². The van der Waals surface area contributed by atoms with E-state index in [9.17, 15) is 0 Å². The zero-order chi connectivity index (χ0) is 11.4. The van der Waals surface area contributed by atoms with Gasteiger partial charge in [-0.25, -0.2) is 0 Å². The number of ether oxygens (including phenoxy) is 1. The van der Waals surface area contributed by atoms with Crippen LogP contribution in [0.3, 0.4) is 0 Å². The molecule has 1 aliphatic rings. The summed E-state index contributed by atoms with van der Waals surface area (Å²) in [6.45, 7) is 6.36. The second-order valence-corrected chi connectivity index (χ2v) is 4.72. The summed E-state index contributed by atoms with van der Waals surface area (Å²) >= 11 is 0. The van der Waals surface area contributed by atoms with Crippen molar-refractivity contribution in [1.82, 2.24) is 5.32 Å². The standard InChI is InChI=1S/C14H21NO/c1-3-8-16-13-6-4-12(5-7-13)14-9-11(2)10-15-14/h4-7,11,14-15H,3,8-10H2,1-2H3. The number of nitrogens with one attached hydrogen (secondary N) is 1. The Balaban J connectivity index is 1.96. The highest BCUT2D eigenvalue weighted by Gasteiger charge is 2.21. The number of rotatable bonds is 4. The minimum absolute atomic E-state index is 0.537. The van der Waals surface area contributed by atoms with E-state index in [4.69, 9.17) is 4.74 Å². The van der Waals surface area contributed by atoms with Crippen LogP contribution in [0.15, 0.2) is 24.3 Å². The van der Waals surface area contributed by atoms with Crippen molar-refractivity contribution < 1.29 is 4.74 Å². The zero-order valence-electron chi connectivity index (χ0n) is 10.2. The summed E-state index contributed by atoms with van der Waals surface area (Å²) < 4.78 is 5.57. The van der Waals surface area contributed by atoms with Gasteiger partial charge in [0.05, 0.1) is 6.61 Å². The van der Waals surface area contributed by atoms with Gasteiger partial charge in [-0.3, -0.25) is 0 Å². The van der Waals surface area contributed by atoms with E-state index in [2.05, 4.69) is 43.4 Å². The lowest BCUT2D eigenvalue weighted by Gasteiger charge is -2.11. The first-order valence-corrected chi connectivity index (χ1v) is 6.25. The van der Waals surface area contributed by atoms with Crippen LogP contribution in [0.25, 0.3) is 0 Å². The van der Waals surface area contributed by atoms with Crippen LogP contribution in [0, 0.1) is 5.92 Å². The molecule has 0 amide bonds. The molecule has 2 heteroatoms. The molecule has 2 rings (SSSR count). The van der Waals surface area contributed by atoms with E-state index in [-0.39, 0.29) is 0 Å². The Kier molecular flexibility index (Phi) is 3.83. The minimum atomic E-state index is 0.537. The highest BCUT2D eigenvalue weighted by molar-refractivity contribution is 5.29. The molecule has 0 radical (unpaired) electrons. The van der Waals surface area contributed by atoms with Crippen molar-refractivity contribution in [1.29, 1.82) is 0 Å². The minimum Gasteiger partial charge on any atom is -0.494 e. The third-order valence-electron chi connectivity index (χ3n) is 3.11. The van der Waals surface area contributed by atoms with Crippen molar-refractivity contribution in [3.63, 3.8) is 0 Å². The van der Waals surface area contributed by atoms with Crippen LogP contribution in [0.5, 0.6) is 5.75 Å². The van der Waals surface area contributed by atoms with Crippen molar-refractivity contribution in [2.45, 2.75) is 32.7 Å². The van der Waals surface area contributed by atoms with Gasteiger partial charge in [-0.15, -0.1) is 0 Å². The fourth-order valence-corrected chi connectivity index (χ4v) is 2.18. The van der Waals surface area contributed by atoms with Gasteiger partial charge in [-0.2, -0.15) is 0 Å². The smallest absolute Gasteiger partial charge is 0.119 e. The van der Waals surface area contributed by atoms with Crippen LogP contribution in [-0.4, -0.2) is 13.2 Å². The zero-order valence-corrected chi connectivity index (χ0v) is 10.2. The molecule has 0 bridgehead atoms. The fraction of sp³-hybridized carbons (Fsp3) is 0.571. The SMILES string of the molecule is CCCOc1ccc(C2CC(C)CN2)cc1. The highest BCUT2D eigenvalue weighted by Crippen LogP contribution is 2.27. The van der Waals surface area contributed by atoms with Gasteiger partial charge >= 0.3 is 0 Å². The molecular formula is C14H21NO. The van der Waals surface area contributed by atoms with E-state index in [1.165, 1.54) is 12.0 Å². The second-order valence-electron chi connectivity index (χ2n) is 4.72. The van der Waals surface area contributed by atoms with Crippen molar-refractivity contribution in [3.05, 3.63) is 29.8 Å². The van der Waals surface area contributed by atoms with E-state index in [0.717, 1.165) is 31.2 Å². The van der Waals surface area contributed by atoms with Crippen LogP contribution < -0.4 is 10.1 Å². The van der Waals surface area contributed by atoms with Gasteiger partial charge in [0, 0.05) is 6.04 Å². The average molecular weight is 219 g/mol. The largest absolute Gasteiger partial charge is 0.494 e. The summed E-state index contributed by atoms with van der Waals surface area (Å²) in [5.41, 5.74) is 1.38. The summed E-state index contributed by atoms with van der Waals surface area (Å²) in [5, 5.41) is 3.54. The molecule has 0 aliphatic carbocycles. The molecule has 0 spiro atoms. The molecule has 1 aromatic rings. The molecule has 88 valence electrons. The van der Waals surface area contributed by atoms with Crippen molar-refractivity contribution >= 4 is 0 Å². The van der Waals surface area contributed by atoms with E-state index in [1.54, 1.807) is 0 Å². The van der Waals surface area contributed by atoms with Crippen LogP contribution in [0.1, 0.15) is 38.3 Å². The van der Waals surface area contributed by atoms with Crippen LogP contribution in [-0.2, 0) is 0 Å². The third kappa shape index (κ3) is 2.76.